The fraction of sp³-hybridized carbons (Fsp3) is 0.0476. The normalized spacial score (nSPS) is 10.9. The number of amides is 1. The number of fused-ring (bicyclic) bond motifs is 1. The van der Waals surface area contributed by atoms with Crippen molar-refractivity contribution in [2.45, 2.75) is 6.92 Å². The minimum absolute atomic E-state index is 0.266. The van der Waals surface area contributed by atoms with Gasteiger partial charge in [-0.05, 0) is 55.0 Å². The van der Waals surface area contributed by atoms with Crippen molar-refractivity contribution < 1.29 is 4.79 Å². The molecule has 1 amide bonds. The fourth-order valence-corrected chi connectivity index (χ4v) is 4.34. The summed E-state index contributed by atoms with van der Waals surface area (Å²) in [5, 5.41) is 4.70. The zero-order chi connectivity index (χ0) is 19.0. The number of aromatic nitrogens is 1. The fourth-order valence-electron chi connectivity index (χ4n) is 2.76. The van der Waals surface area contributed by atoms with Crippen molar-refractivity contribution in [3.63, 3.8) is 0 Å². The van der Waals surface area contributed by atoms with Gasteiger partial charge in [-0.3, -0.25) is 4.79 Å². The summed E-state index contributed by atoms with van der Waals surface area (Å²) >= 11 is 14.1. The maximum absolute atomic E-state index is 12.6. The molecular weight excluding hydrogens is 399 g/mol. The molecule has 0 saturated heterocycles. The smallest absolute Gasteiger partial charge is 0.257 e. The SMILES string of the molecule is Cc1ccc(C(=O)Nc2ccc(Cl)c(-c3nc4ccccc4s3)c2)c(Cl)c1. The summed E-state index contributed by atoms with van der Waals surface area (Å²) < 4.78 is 1.09. The van der Waals surface area contributed by atoms with Crippen LogP contribution < -0.4 is 5.32 Å². The van der Waals surface area contributed by atoms with E-state index < -0.39 is 0 Å². The molecule has 1 N–H and O–H groups in total. The van der Waals surface area contributed by atoms with Gasteiger partial charge in [0.1, 0.15) is 5.01 Å². The summed E-state index contributed by atoms with van der Waals surface area (Å²) in [4.78, 5) is 17.2. The highest BCUT2D eigenvalue weighted by atomic mass is 35.5. The molecule has 0 saturated carbocycles. The average molecular weight is 413 g/mol. The quantitative estimate of drug-likeness (QED) is 0.400. The molecule has 27 heavy (non-hydrogen) atoms. The van der Waals surface area contributed by atoms with E-state index in [9.17, 15) is 4.79 Å². The van der Waals surface area contributed by atoms with Gasteiger partial charge in [-0.1, -0.05) is 41.4 Å². The van der Waals surface area contributed by atoms with Crippen LogP contribution >= 0.6 is 34.5 Å². The van der Waals surface area contributed by atoms with E-state index in [1.807, 2.05) is 43.3 Å². The molecule has 0 aliphatic rings. The first-order valence-corrected chi connectivity index (χ1v) is 9.81. The van der Waals surface area contributed by atoms with Gasteiger partial charge in [0, 0.05) is 11.3 Å². The Morgan fingerprint density at radius 1 is 1.00 bits per heavy atom. The van der Waals surface area contributed by atoms with Crippen LogP contribution in [-0.4, -0.2) is 10.9 Å². The molecule has 134 valence electrons. The Balaban J connectivity index is 1.67. The van der Waals surface area contributed by atoms with Crippen molar-refractivity contribution in [3.8, 4) is 10.6 Å². The molecule has 3 nitrogen and oxygen atoms in total. The van der Waals surface area contributed by atoms with Gasteiger partial charge in [0.2, 0.25) is 0 Å². The molecule has 3 aromatic carbocycles. The molecule has 0 aliphatic heterocycles. The van der Waals surface area contributed by atoms with Crippen LogP contribution in [0, 0.1) is 6.92 Å². The Morgan fingerprint density at radius 3 is 2.59 bits per heavy atom. The van der Waals surface area contributed by atoms with Gasteiger partial charge in [0.05, 0.1) is 25.8 Å². The summed E-state index contributed by atoms with van der Waals surface area (Å²) in [6.45, 7) is 1.93. The van der Waals surface area contributed by atoms with Crippen molar-refractivity contribution in [1.82, 2.24) is 4.98 Å². The number of para-hydroxylation sites is 1. The lowest BCUT2D eigenvalue weighted by atomic mass is 10.1. The van der Waals surface area contributed by atoms with Gasteiger partial charge in [0.15, 0.2) is 0 Å². The lowest BCUT2D eigenvalue weighted by molar-refractivity contribution is 0.102. The van der Waals surface area contributed by atoms with Gasteiger partial charge in [-0.15, -0.1) is 11.3 Å². The molecule has 4 aromatic rings. The molecule has 0 atom stereocenters. The summed E-state index contributed by atoms with van der Waals surface area (Å²) in [7, 11) is 0. The molecule has 0 spiro atoms. The first-order chi connectivity index (χ1) is 13.0. The standard InChI is InChI=1S/C21H14Cl2N2OS/c1-12-6-8-14(17(23)10-12)20(26)24-13-7-9-16(22)15(11-13)21-25-18-4-2-3-5-19(18)27-21/h2-11H,1H3,(H,24,26). The minimum atomic E-state index is -0.266. The predicted molar refractivity (Wildman–Crippen MR) is 114 cm³/mol. The maximum Gasteiger partial charge on any atom is 0.257 e. The lowest BCUT2D eigenvalue weighted by Gasteiger charge is -2.09. The average Bonchev–Trinajstić information content (AvgIpc) is 3.07. The van der Waals surface area contributed by atoms with Crippen LogP contribution in [0.1, 0.15) is 15.9 Å². The third kappa shape index (κ3) is 3.69. The molecule has 0 radical (unpaired) electrons. The summed E-state index contributed by atoms with van der Waals surface area (Å²) in [5.41, 5.74) is 3.77. The van der Waals surface area contributed by atoms with E-state index in [1.165, 1.54) is 0 Å². The molecule has 0 unspecified atom stereocenters. The Hall–Kier alpha value is -2.40. The number of halogens is 2. The van der Waals surface area contributed by atoms with Crippen LogP contribution in [-0.2, 0) is 0 Å². The van der Waals surface area contributed by atoms with E-state index in [2.05, 4.69) is 10.3 Å². The largest absolute Gasteiger partial charge is 0.322 e. The van der Waals surface area contributed by atoms with Gasteiger partial charge in [-0.2, -0.15) is 0 Å². The number of carbonyl (C=O) groups is 1. The number of benzene rings is 3. The van der Waals surface area contributed by atoms with Gasteiger partial charge in [-0.25, -0.2) is 4.98 Å². The first kappa shape index (κ1) is 18.0. The number of anilines is 1. The van der Waals surface area contributed by atoms with Crippen LogP contribution in [0.4, 0.5) is 5.69 Å². The van der Waals surface area contributed by atoms with E-state index in [4.69, 9.17) is 23.2 Å². The second-order valence-electron chi connectivity index (χ2n) is 6.12. The Kier molecular flexibility index (Phi) is 4.87. The predicted octanol–water partition coefficient (Wildman–Crippen LogP) is 6.83. The number of nitrogens with one attached hydrogen (secondary N) is 1. The van der Waals surface area contributed by atoms with E-state index in [0.717, 1.165) is 26.4 Å². The number of hydrogen-bond acceptors (Lipinski definition) is 3. The Labute approximate surface area is 170 Å². The molecule has 1 heterocycles. The van der Waals surface area contributed by atoms with Gasteiger partial charge < -0.3 is 5.32 Å². The van der Waals surface area contributed by atoms with Gasteiger partial charge >= 0.3 is 0 Å². The number of aryl methyl sites for hydroxylation is 1. The lowest BCUT2D eigenvalue weighted by Crippen LogP contribution is -2.12. The van der Waals surface area contributed by atoms with E-state index in [1.54, 1.807) is 35.6 Å². The number of carbonyl (C=O) groups excluding carboxylic acids is 1. The van der Waals surface area contributed by atoms with Crippen LogP contribution in [0.3, 0.4) is 0 Å². The number of rotatable bonds is 3. The molecule has 4 rings (SSSR count). The highest BCUT2D eigenvalue weighted by Crippen LogP contribution is 2.36. The second kappa shape index (κ2) is 7.31. The number of thiazole rings is 1. The van der Waals surface area contributed by atoms with E-state index >= 15 is 0 Å². The first-order valence-electron chi connectivity index (χ1n) is 8.24. The van der Waals surface area contributed by atoms with Gasteiger partial charge in [0.25, 0.3) is 5.91 Å². The van der Waals surface area contributed by atoms with Crippen molar-refractivity contribution in [3.05, 3.63) is 81.8 Å². The van der Waals surface area contributed by atoms with Crippen LogP contribution in [0.25, 0.3) is 20.8 Å². The molecule has 1 aromatic heterocycles. The second-order valence-corrected chi connectivity index (χ2v) is 7.96. The van der Waals surface area contributed by atoms with Crippen LogP contribution in [0.5, 0.6) is 0 Å². The van der Waals surface area contributed by atoms with Crippen LogP contribution in [0.15, 0.2) is 60.7 Å². The van der Waals surface area contributed by atoms with Crippen molar-refractivity contribution >= 4 is 56.3 Å². The zero-order valence-electron chi connectivity index (χ0n) is 14.3. The van der Waals surface area contributed by atoms with Crippen molar-refractivity contribution in [2.75, 3.05) is 5.32 Å². The molecule has 0 fully saturated rings. The Bertz CT molecular complexity index is 1140. The molecule has 0 bridgehead atoms. The highest BCUT2D eigenvalue weighted by Gasteiger charge is 2.14. The zero-order valence-corrected chi connectivity index (χ0v) is 16.6. The third-order valence-corrected chi connectivity index (χ3v) is 5.83. The monoisotopic (exact) mass is 412 g/mol. The minimum Gasteiger partial charge on any atom is -0.322 e. The topological polar surface area (TPSA) is 42.0 Å². The van der Waals surface area contributed by atoms with E-state index in [0.29, 0.717) is 21.3 Å². The van der Waals surface area contributed by atoms with Crippen molar-refractivity contribution in [2.24, 2.45) is 0 Å². The van der Waals surface area contributed by atoms with E-state index in [-0.39, 0.29) is 5.91 Å². The highest BCUT2D eigenvalue weighted by molar-refractivity contribution is 7.21. The van der Waals surface area contributed by atoms with Crippen molar-refractivity contribution in [1.29, 1.82) is 0 Å². The maximum atomic E-state index is 12.6. The third-order valence-electron chi connectivity index (χ3n) is 4.12. The summed E-state index contributed by atoms with van der Waals surface area (Å²) in [6, 6.07) is 18.6. The summed E-state index contributed by atoms with van der Waals surface area (Å²) in [5.74, 6) is -0.266. The van der Waals surface area contributed by atoms with Crippen LogP contribution in [0.2, 0.25) is 10.0 Å². The number of hydrogen-bond donors (Lipinski definition) is 1. The molecular formula is C21H14Cl2N2OS. The Morgan fingerprint density at radius 2 is 1.81 bits per heavy atom. The molecule has 6 heteroatoms. The number of nitrogens with zero attached hydrogens (tertiary/aromatic N) is 1. The summed E-state index contributed by atoms with van der Waals surface area (Å²) in [6.07, 6.45) is 0. The molecule has 0 aliphatic carbocycles.